The summed E-state index contributed by atoms with van der Waals surface area (Å²) in [6.45, 7) is -0.368. The molecule has 126 valence electrons. The van der Waals surface area contributed by atoms with E-state index in [2.05, 4.69) is 5.32 Å². The number of carbonyl (C=O) groups excluding carboxylic acids is 2. The third-order valence-corrected chi connectivity index (χ3v) is 3.87. The maximum atomic E-state index is 13.9. The van der Waals surface area contributed by atoms with Gasteiger partial charge < -0.3 is 10.2 Å². The van der Waals surface area contributed by atoms with Crippen molar-refractivity contribution >= 4 is 11.8 Å². The summed E-state index contributed by atoms with van der Waals surface area (Å²) in [5.74, 6) is -2.06. The Morgan fingerprint density at radius 3 is 2.74 bits per heavy atom. The molecule has 0 bridgehead atoms. The van der Waals surface area contributed by atoms with Crippen molar-refractivity contribution in [3.63, 3.8) is 0 Å². The molecule has 23 heavy (non-hydrogen) atoms. The lowest BCUT2D eigenvalue weighted by Gasteiger charge is -2.31. The van der Waals surface area contributed by atoms with E-state index in [9.17, 15) is 27.2 Å². The number of alkyl halides is 3. The third kappa shape index (κ3) is 3.80. The van der Waals surface area contributed by atoms with Crippen molar-refractivity contribution < 1.29 is 27.2 Å². The number of amides is 2. The summed E-state index contributed by atoms with van der Waals surface area (Å²) in [5, 5.41) is 2.40. The molecule has 2 rings (SSSR count). The molecule has 1 aliphatic rings. The summed E-state index contributed by atoms with van der Waals surface area (Å²) in [7, 11) is 1.50. The summed E-state index contributed by atoms with van der Waals surface area (Å²) in [6, 6.07) is 2.24. The molecule has 0 radical (unpaired) electrons. The predicted octanol–water partition coefficient (Wildman–Crippen LogP) is 2.47. The molecule has 1 N–H and O–H groups in total. The van der Waals surface area contributed by atoms with Crippen molar-refractivity contribution in [2.45, 2.75) is 38.0 Å². The minimum Gasteiger partial charge on any atom is -0.350 e. The van der Waals surface area contributed by atoms with Gasteiger partial charge in [-0.3, -0.25) is 9.59 Å². The fourth-order valence-corrected chi connectivity index (χ4v) is 2.53. The summed E-state index contributed by atoms with van der Waals surface area (Å²) in [4.78, 5) is 24.9. The first-order valence-electron chi connectivity index (χ1n) is 7.09. The van der Waals surface area contributed by atoms with Gasteiger partial charge in [0.2, 0.25) is 11.8 Å². The van der Waals surface area contributed by atoms with Gasteiger partial charge in [0.15, 0.2) is 0 Å². The molecule has 4 nitrogen and oxygen atoms in total. The average Bonchev–Trinajstić information content (AvgIpc) is 2.47. The second kappa shape index (κ2) is 6.55. The van der Waals surface area contributed by atoms with Gasteiger partial charge in [0.1, 0.15) is 11.9 Å². The van der Waals surface area contributed by atoms with Crippen LogP contribution in [0.15, 0.2) is 18.2 Å². The molecule has 0 spiro atoms. The minimum absolute atomic E-state index is 0.165. The Hall–Kier alpha value is -2.12. The van der Waals surface area contributed by atoms with Crippen LogP contribution in [0.1, 0.15) is 30.4 Å². The van der Waals surface area contributed by atoms with E-state index in [0.29, 0.717) is 25.3 Å². The maximum Gasteiger partial charge on any atom is 0.419 e. The highest BCUT2D eigenvalue weighted by molar-refractivity contribution is 5.88. The van der Waals surface area contributed by atoms with Crippen molar-refractivity contribution in [2.24, 2.45) is 0 Å². The van der Waals surface area contributed by atoms with Gasteiger partial charge in [-0.15, -0.1) is 0 Å². The second-order valence-electron chi connectivity index (χ2n) is 5.41. The van der Waals surface area contributed by atoms with Crippen LogP contribution in [0.3, 0.4) is 0 Å². The van der Waals surface area contributed by atoms with Crippen LogP contribution in [0, 0.1) is 5.82 Å². The van der Waals surface area contributed by atoms with Crippen LogP contribution in [0.5, 0.6) is 0 Å². The van der Waals surface area contributed by atoms with Gasteiger partial charge in [0.25, 0.3) is 0 Å². The van der Waals surface area contributed by atoms with Crippen molar-refractivity contribution in [3.8, 4) is 0 Å². The molecular weight excluding hydrogens is 316 g/mol. The molecule has 0 aliphatic carbocycles. The zero-order valence-electron chi connectivity index (χ0n) is 12.4. The Bertz CT molecular complexity index is 616. The van der Waals surface area contributed by atoms with Crippen LogP contribution >= 0.6 is 0 Å². The molecule has 1 fully saturated rings. The van der Waals surface area contributed by atoms with E-state index in [1.807, 2.05) is 0 Å². The number of rotatable bonds is 3. The maximum absolute atomic E-state index is 13.9. The predicted molar refractivity (Wildman–Crippen MR) is 73.7 cm³/mol. The highest BCUT2D eigenvalue weighted by Gasteiger charge is 2.35. The normalized spacial score (nSPS) is 18.9. The Labute approximate surface area is 130 Å². The zero-order valence-corrected chi connectivity index (χ0v) is 12.4. The van der Waals surface area contributed by atoms with E-state index >= 15 is 0 Å². The number of carbonyl (C=O) groups is 2. The van der Waals surface area contributed by atoms with Gasteiger partial charge in [-0.05, 0) is 18.9 Å². The molecule has 1 unspecified atom stereocenters. The topological polar surface area (TPSA) is 49.4 Å². The Kier molecular flexibility index (Phi) is 4.91. The Morgan fingerprint density at radius 2 is 2.09 bits per heavy atom. The molecule has 1 aliphatic heterocycles. The van der Waals surface area contributed by atoms with E-state index in [1.165, 1.54) is 18.0 Å². The SMILES string of the molecule is CN1C(=O)CCCC1C(=O)NCc1cccc(C(F)(F)F)c1F. The molecule has 1 saturated heterocycles. The Balaban J connectivity index is 2.06. The molecule has 8 heteroatoms. The molecule has 1 heterocycles. The second-order valence-corrected chi connectivity index (χ2v) is 5.41. The molecule has 1 aromatic rings. The van der Waals surface area contributed by atoms with E-state index in [4.69, 9.17) is 0 Å². The standard InChI is InChI=1S/C15H16F4N2O2/c1-21-11(6-3-7-12(21)22)14(23)20-8-9-4-2-5-10(13(9)16)15(17,18)19/h2,4-5,11H,3,6-8H2,1H3,(H,20,23). The lowest BCUT2D eigenvalue weighted by atomic mass is 10.0. The highest BCUT2D eigenvalue weighted by Crippen LogP contribution is 2.32. The summed E-state index contributed by atoms with van der Waals surface area (Å²) < 4.78 is 51.8. The smallest absolute Gasteiger partial charge is 0.350 e. The number of halogens is 4. The molecular formula is C15H16F4N2O2. The van der Waals surface area contributed by atoms with E-state index in [0.717, 1.165) is 6.07 Å². The summed E-state index contributed by atoms with van der Waals surface area (Å²) in [6.07, 6.45) is -3.39. The number of likely N-dealkylation sites (tertiary alicyclic amines) is 1. The van der Waals surface area contributed by atoms with Crippen LogP contribution in [-0.2, 0) is 22.3 Å². The van der Waals surface area contributed by atoms with Gasteiger partial charge in [0, 0.05) is 25.6 Å². The zero-order chi connectivity index (χ0) is 17.2. The van der Waals surface area contributed by atoms with Crippen LogP contribution < -0.4 is 5.32 Å². The van der Waals surface area contributed by atoms with E-state index in [-0.39, 0.29) is 18.0 Å². The van der Waals surface area contributed by atoms with Crippen molar-refractivity contribution in [3.05, 3.63) is 35.1 Å². The largest absolute Gasteiger partial charge is 0.419 e. The summed E-state index contributed by atoms with van der Waals surface area (Å²) >= 11 is 0. The van der Waals surface area contributed by atoms with Crippen molar-refractivity contribution in [2.75, 3.05) is 7.05 Å². The van der Waals surface area contributed by atoms with Gasteiger partial charge in [-0.25, -0.2) is 4.39 Å². The van der Waals surface area contributed by atoms with Gasteiger partial charge in [-0.1, -0.05) is 12.1 Å². The number of benzene rings is 1. The number of piperidine rings is 1. The van der Waals surface area contributed by atoms with Crippen molar-refractivity contribution in [1.82, 2.24) is 10.2 Å². The van der Waals surface area contributed by atoms with Gasteiger partial charge >= 0.3 is 6.18 Å². The lowest BCUT2D eigenvalue weighted by molar-refractivity contribution is -0.142. The first kappa shape index (κ1) is 17.2. The van der Waals surface area contributed by atoms with E-state index in [1.54, 1.807) is 0 Å². The molecule has 0 saturated carbocycles. The van der Waals surface area contributed by atoms with Crippen LogP contribution in [-0.4, -0.2) is 29.8 Å². The number of likely N-dealkylation sites (N-methyl/N-ethyl adjacent to an activating group) is 1. The Morgan fingerprint density at radius 1 is 1.39 bits per heavy atom. The molecule has 1 atom stereocenters. The van der Waals surface area contributed by atoms with Crippen molar-refractivity contribution in [1.29, 1.82) is 0 Å². The molecule has 0 aromatic heterocycles. The fraction of sp³-hybridized carbons (Fsp3) is 0.467. The fourth-order valence-electron chi connectivity index (χ4n) is 2.53. The van der Waals surface area contributed by atoms with Gasteiger partial charge in [-0.2, -0.15) is 13.2 Å². The first-order chi connectivity index (χ1) is 10.7. The van der Waals surface area contributed by atoms with Crippen LogP contribution in [0.2, 0.25) is 0 Å². The monoisotopic (exact) mass is 332 g/mol. The summed E-state index contributed by atoms with van der Waals surface area (Å²) in [5.41, 5.74) is -1.62. The minimum atomic E-state index is -4.79. The van der Waals surface area contributed by atoms with Gasteiger partial charge in [0.05, 0.1) is 5.56 Å². The highest BCUT2D eigenvalue weighted by atomic mass is 19.4. The number of nitrogens with one attached hydrogen (secondary N) is 1. The number of hydrogen-bond acceptors (Lipinski definition) is 2. The first-order valence-corrected chi connectivity index (χ1v) is 7.09. The van der Waals surface area contributed by atoms with Crippen LogP contribution in [0.4, 0.5) is 17.6 Å². The number of hydrogen-bond donors (Lipinski definition) is 1. The third-order valence-electron chi connectivity index (χ3n) is 3.87. The van der Waals surface area contributed by atoms with E-state index < -0.39 is 29.5 Å². The van der Waals surface area contributed by atoms with Crippen LogP contribution in [0.25, 0.3) is 0 Å². The molecule has 1 aromatic carbocycles. The number of nitrogens with zero attached hydrogens (tertiary/aromatic N) is 1. The molecule has 2 amide bonds. The quantitative estimate of drug-likeness (QED) is 0.865. The lowest BCUT2D eigenvalue weighted by Crippen LogP contribution is -2.49. The average molecular weight is 332 g/mol.